The maximum Gasteiger partial charge on any atom is 0.229 e. The molecule has 230 valence electrons. The van der Waals surface area contributed by atoms with Gasteiger partial charge in [-0.3, -0.25) is 4.79 Å². The van der Waals surface area contributed by atoms with Gasteiger partial charge in [-0.15, -0.1) is 0 Å². The van der Waals surface area contributed by atoms with Crippen LogP contribution in [0.5, 0.6) is 28.7 Å². The number of carbonyl (C=O) groups is 1. The minimum Gasteiger partial charge on any atom is -0.507 e. The van der Waals surface area contributed by atoms with Crippen LogP contribution in [0.1, 0.15) is 35.4 Å². The molecule has 0 saturated carbocycles. The second-order valence-corrected chi connectivity index (χ2v) is 10.4. The number of rotatable bonds is 6. The van der Waals surface area contributed by atoms with Crippen LogP contribution in [0, 0.1) is 0 Å². The third-order valence-corrected chi connectivity index (χ3v) is 7.52. The van der Waals surface area contributed by atoms with Crippen molar-refractivity contribution in [3.05, 3.63) is 41.5 Å². The number of aromatic hydroxyl groups is 3. The minimum atomic E-state index is -1.77. The van der Waals surface area contributed by atoms with Crippen molar-refractivity contribution >= 4 is 5.78 Å². The predicted octanol–water partition coefficient (Wildman–Crippen LogP) is -1.46. The van der Waals surface area contributed by atoms with E-state index in [0.29, 0.717) is 5.56 Å². The van der Waals surface area contributed by atoms with Crippen LogP contribution in [0.25, 0.3) is 0 Å². The minimum absolute atomic E-state index is 0.0941. The summed E-state index contributed by atoms with van der Waals surface area (Å²) in [6.07, 6.45) is -16.5. The lowest BCUT2D eigenvalue weighted by Gasteiger charge is -2.45. The Bertz CT molecular complexity index is 1300. The van der Waals surface area contributed by atoms with E-state index in [2.05, 4.69) is 0 Å². The van der Waals surface area contributed by atoms with E-state index in [1.807, 2.05) is 0 Å². The van der Waals surface area contributed by atoms with E-state index in [9.17, 15) is 50.8 Å². The van der Waals surface area contributed by atoms with E-state index in [0.717, 1.165) is 6.07 Å². The molecular weight excluding hydrogens is 564 g/mol. The van der Waals surface area contributed by atoms with Gasteiger partial charge in [-0.25, -0.2) is 0 Å². The van der Waals surface area contributed by atoms with Crippen molar-refractivity contribution in [2.45, 2.75) is 80.9 Å². The second-order valence-electron chi connectivity index (χ2n) is 10.4. The molecule has 0 aromatic heterocycles. The van der Waals surface area contributed by atoms with Crippen LogP contribution in [-0.4, -0.2) is 120 Å². The second kappa shape index (κ2) is 11.8. The molecule has 0 amide bonds. The number of phenols is 3. The normalized spacial score (nSPS) is 36.6. The molecule has 0 bridgehead atoms. The maximum atomic E-state index is 12.9. The van der Waals surface area contributed by atoms with Gasteiger partial charge in [0, 0.05) is 12.1 Å². The number of ether oxygens (including phenoxy) is 5. The van der Waals surface area contributed by atoms with E-state index in [4.69, 9.17) is 23.7 Å². The highest BCUT2D eigenvalue weighted by Gasteiger charge is 2.51. The Morgan fingerprint density at radius 1 is 0.833 bits per heavy atom. The summed E-state index contributed by atoms with van der Waals surface area (Å²) in [6.45, 7) is 0.683. The van der Waals surface area contributed by atoms with Crippen LogP contribution >= 0.6 is 0 Å². The van der Waals surface area contributed by atoms with Crippen molar-refractivity contribution in [2.75, 3.05) is 6.61 Å². The van der Waals surface area contributed by atoms with Gasteiger partial charge in [0.1, 0.15) is 65.5 Å². The lowest BCUT2D eigenvalue weighted by Crippen LogP contribution is -2.64. The highest BCUT2D eigenvalue weighted by atomic mass is 16.8. The number of hydrogen-bond donors (Lipinski definition) is 9. The van der Waals surface area contributed by atoms with Gasteiger partial charge in [0.15, 0.2) is 29.7 Å². The lowest BCUT2D eigenvalue weighted by molar-refractivity contribution is -0.354. The molecule has 5 rings (SSSR count). The Balaban J connectivity index is 1.42. The Labute approximate surface area is 238 Å². The summed E-state index contributed by atoms with van der Waals surface area (Å²) >= 11 is 0. The zero-order chi connectivity index (χ0) is 30.5. The van der Waals surface area contributed by atoms with Gasteiger partial charge >= 0.3 is 0 Å². The van der Waals surface area contributed by atoms with E-state index in [-0.39, 0.29) is 29.2 Å². The van der Waals surface area contributed by atoms with Crippen molar-refractivity contribution in [3.63, 3.8) is 0 Å². The summed E-state index contributed by atoms with van der Waals surface area (Å²) in [6, 6.07) is 6.25. The molecule has 3 heterocycles. The SMILES string of the molecule is CC1O[C@@H](OC2[C@H](Oc3cc(O)c4c(c3)OC(c3ccc(O)c(O)c3)CC4=O)OC(CO)[C@@H](O)[C@H]2O)C(O)[C@@H](O)[C@H]1O. The molecular formula is C27H32O15. The number of fused-ring (bicyclic) bond motifs is 1. The van der Waals surface area contributed by atoms with Crippen LogP contribution in [0.2, 0.25) is 0 Å². The smallest absolute Gasteiger partial charge is 0.229 e. The number of Topliss-reactive ketones (excluding diaryl/α,β-unsaturated/α-hetero) is 1. The number of aliphatic hydroxyl groups is 6. The first kappa shape index (κ1) is 30.2. The molecule has 9 N–H and O–H groups in total. The zero-order valence-electron chi connectivity index (χ0n) is 22.1. The quantitative estimate of drug-likeness (QED) is 0.173. The third-order valence-electron chi connectivity index (χ3n) is 7.52. The van der Waals surface area contributed by atoms with Crippen LogP contribution in [0.4, 0.5) is 0 Å². The van der Waals surface area contributed by atoms with Crippen molar-refractivity contribution in [1.29, 1.82) is 0 Å². The van der Waals surface area contributed by atoms with Crippen LogP contribution in [0.3, 0.4) is 0 Å². The average molecular weight is 597 g/mol. The molecule has 15 nitrogen and oxygen atoms in total. The molecule has 0 aliphatic carbocycles. The van der Waals surface area contributed by atoms with Crippen LogP contribution in [-0.2, 0) is 14.2 Å². The number of carbonyl (C=O) groups excluding carboxylic acids is 1. The van der Waals surface area contributed by atoms with Crippen molar-refractivity contribution in [2.24, 2.45) is 0 Å². The van der Waals surface area contributed by atoms with Crippen molar-refractivity contribution < 1.29 is 74.4 Å². The first-order chi connectivity index (χ1) is 19.9. The highest BCUT2D eigenvalue weighted by Crippen LogP contribution is 2.43. The molecule has 2 saturated heterocycles. The molecule has 2 fully saturated rings. The standard InChI is InChI=1S/C27H32O15/c1-9-20(33)22(35)24(37)26(38-9)42-25-23(36)21(34)18(8-28)41-27(25)39-11-5-14(31)19-15(32)7-16(40-17(19)6-11)10-2-3-12(29)13(30)4-10/h2-6,9,16,18,20-31,33-37H,7-8H2,1H3/t9?,16?,18?,20-,21+,22-,23+,24?,25?,26-,27+/m0/s1. The van der Waals surface area contributed by atoms with Gasteiger partial charge in [-0.2, -0.15) is 0 Å². The zero-order valence-corrected chi connectivity index (χ0v) is 22.1. The van der Waals surface area contributed by atoms with E-state index in [1.54, 1.807) is 0 Å². The van der Waals surface area contributed by atoms with Gasteiger partial charge in [0.2, 0.25) is 6.29 Å². The molecule has 3 aliphatic rings. The third kappa shape index (κ3) is 5.58. The van der Waals surface area contributed by atoms with Crippen molar-refractivity contribution in [1.82, 2.24) is 0 Å². The largest absolute Gasteiger partial charge is 0.507 e. The highest BCUT2D eigenvalue weighted by molar-refractivity contribution is 6.02. The van der Waals surface area contributed by atoms with Crippen LogP contribution < -0.4 is 9.47 Å². The summed E-state index contributed by atoms with van der Waals surface area (Å²) in [5.74, 6) is -2.02. The van der Waals surface area contributed by atoms with Crippen molar-refractivity contribution in [3.8, 4) is 28.7 Å². The Morgan fingerprint density at radius 2 is 1.57 bits per heavy atom. The fourth-order valence-electron chi connectivity index (χ4n) is 5.12. The molecule has 0 radical (unpaired) electrons. The molecule has 42 heavy (non-hydrogen) atoms. The summed E-state index contributed by atoms with van der Waals surface area (Å²) < 4.78 is 28.4. The summed E-state index contributed by atoms with van der Waals surface area (Å²) in [7, 11) is 0. The molecule has 5 unspecified atom stereocenters. The number of aliphatic hydroxyl groups excluding tert-OH is 6. The van der Waals surface area contributed by atoms with Gasteiger partial charge in [0.25, 0.3) is 0 Å². The maximum absolute atomic E-state index is 12.9. The van der Waals surface area contributed by atoms with E-state index < -0.39 is 91.4 Å². The molecule has 0 spiro atoms. The number of benzene rings is 2. The first-order valence-corrected chi connectivity index (χ1v) is 13.1. The van der Waals surface area contributed by atoms with Gasteiger partial charge < -0.3 is 69.6 Å². The first-order valence-electron chi connectivity index (χ1n) is 13.1. The summed E-state index contributed by atoms with van der Waals surface area (Å²) in [4.78, 5) is 12.9. The van der Waals surface area contributed by atoms with E-state index >= 15 is 0 Å². The molecule has 3 aliphatic heterocycles. The van der Waals surface area contributed by atoms with Gasteiger partial charge in [0.05, 0.1) is 19.1 Å². The van der Waals surface area contributed by atoms with Gasteiger partial charge in [-0.1, -0.05) is 6.07 Å². The topological polar surface area (TPSA) is 245 Å². The summed E-state index contributed by atoms with van der Waals surface area (Å²) in [5.41, 5.74) is 0.234. The Morgan fingerprint density at radius 3 is 2.26 bits per heavy atom. The monoisotopic (exact) mass is 596 g/mol. The molecule has 2 aromatic rings. The molecule has 2 aromatic carbocycles. The lowest BCUT2D eigenvalue weighted by atomic mass is 9.95. The molecule has 11 atom stereocenters. The Kier molecular flexibility index (Phi) is 8.48. The summed E-state index contributed by atoms with van der Waals surface area (Å²) in [5, 5.41) is 91.6. The fourth-order valence-corrected chi connectivity index (χ4v) is 5.12. The van der Waals surface area contributed by atoms with E-state index in [1.165, 1.54) is 31.2 Å². The number of ketones is 1. The Hall–Kier alpha value is -3.25. The number of hydrogen-bond acceptors (Lipinski definition) is 15. The molecule has 15 heteroatoms. The average Bonchev–Trinajstić information content (AvgIpc) is 2.95. The van der Waals surface area contributed by atoms with Crippen LogP contribution in [0.15, 0.2) is 30.3 Å². The fraction of sp³-hybridized carbons (Fsp3) is 0.519. The number of phenolic OH excluding ortho intramolecular Hbond substituents is 3. The van der Waals surface area contributed by atoms with Gasteiger partial charge in [-0.05, 0) is 24.6 Å². The predicted molar refractivity (Wildman–Crippen MR) is 136 cm³/mol.